The lowest BCUT2D eigenvalue weighted by atomic mass is 9.67. The van der Waals surface area contributed by atoms with Gasteiger partial charge in [0.15, 0.2) is 0 Å². The molecule has 0 aliphatic carbocycles. The van der Waals surface area contributed by atoms with Gasteiger partial charge in [-0.1, -0.05) is 41.0 Å². The highest BCUT2D eigenvalue weighted by molar-refractivity contribution is 4.84. The van der Waals surface area contributed by atoms with Crippen molar-refractivity contribution >= 4 is 0 Å². The lowest BCUT2D eigenvalue weighted by Crippen LogP contribution is -2.37. The smallest absolute Gasteiger partial charge is 0.0735 e. The van der Waals surface area contributed by atoms with Gasteiger partial charge < -0.3 is 4.84 Å². The topological polar surface area (TPSA) is 35.2 Å². The molecule has 2 nitrogen and oxygen atoms in total. The van der Waals surface area contributed by atoms with E-state index in [0.29, 0.717) is 6.61 Å². The first-order valence-corrected chi connectivity index (χ1v) is 4.19. The number of rotatable bonds is 4. The Morgan fingerprint density at radius 1 is 1.09 bits per heavy atom. The molecule has 0 saturated carbocycles. The van der Waals surface area contributed by atoms with Gasteiger partial charge in [0.05, 0.1) is 6.61 Å². The summed E-state index contributed by atoms with van der Waals surface area (Å²) >= 11 is 0. The average molecular weight is 159 g/mol. The van der Waals surface area contributed by atoms with Gasteiger partial charge in [0.25, 0.3) is 0 Å². The third-order valence-electron chi connectivity index (χ3n) is 3.16. The summed E-state index contributed by atoms with van der Waals surface area (Å²) in [7, 11) is 0. The van der Waals surface area contributed by atoms with E-state index in [1.54, 1.807) is 0 Å². The molecule has 0 atom stereocenters. The van der Waals surface area contributed by atoms with Gasteiger partial charge in [-0.25, -0.2) is 5.90 Å². The number of hydrogen-bond donors (Lipinski definition) is 1. The summed E-state index contributed by atoms with van der Waals surface area (Å²) in [5.74, 6) is 5.07. The van der Waals surface area contributed by atoms with Gasteiger partial charge in [0.2, 0.25) is 0 Å². The van der Waals surface area contributed by atoms with Gasteiger partial charge >= 0.3 is 0 Å². The molecule has 0 spiro atoms. The third kappa shape index (κ3) is 2.46. The van der Waals surface area contributed by atoms with Crippen molar-refractivity contribution in [1.82, 2.24) is 0 Å². The second-order valence-electron chi connectivity index (χ2n) is 4.43. The molecule has 0 fully saturated rings. The van der Waals surface area contributed by atoms with Crippen LogP contribution in [0.25, 0.3) is 0 Å². The van der Waals surface area contributed by atoms with Crippen LogP contribution in [0.3, 0.4) is 0 Å². The van der Waals surface area contributed by atoms with Crippen LogP contribution in [0.15, 0.2) is 0 Å². The summed E-state index contributed by atoms with van der Waals surface area (Å²) in [5.41, 5.74) is 0.433. The molecule has 0 aromatic rings. The Hall–Kier alpha value is -0.0800. The normalized spacial score (nSPS) is 13.6. The molecule has 0 aromatic heterocycles. The van der Waals surface area contributed by atoms with Gasteiger partial charge in [-0.3, -0.25) is 0 Å². The zero-order valence-corrected chi connectivity index (χ0v) is 8.40. The highest BCUT2D eigenvalue weighted by Crippen LogP contribution is 2.40. The monoisotopic (exact) mass is 159 g/mol. The molecule has 0 aliphatic rings. The molecule has 0 heterocycles. The zero-order valence-electron chi connectivity index (χ0n) is 8.40. The van der Waals surface area contributed by atoms with Crippen molar-refractivity contribution in [1.29, 1.82) is 0 Å². The van der Waals surface area contributed by atoms with E-state index in [-0.39, 0.29) is 10.8 Å². The fourth-order valence-corrected chi connectivity index (χ4v) is 0.882. The van der Waals surface area contributed by atoms with Crippen LogP contribution in [-0.4, -0.2) is 6.61 Å². The van der Waals surface area contributed by atoms with Crippen LogP contribution in [0.5, 0.6) is 0 Å². The molecular weight excluding hydrogens is 138 g/mol. The van der Waals surface area contributed by atoms with Crippen molar-refractivity contribution in [2.75, 3.05) is 6.61 Å². The SMILES string of the molecule is CCC(C)(C)C(C)(C)CON. The van der Waals surface area contributed by atoms with Gasteiger partial charge in [-0.15, -0.1) is 0 Å². The molecule has 2 heteroatoms. The average Bonchev–Trinajstić information content (AvgIpc) is 1.87. The van der Waals surface area contributed by atoms with E-state index in [9.17, 15) is 0 Å². The summed E-state index contributed by atoms with van der Waals surface area (Å²) < 4.78 is 0. The van der Waals surface area contributed by atoms with E-state index in [0.717, 1.165) is 6.42 Å². The van der Waals surface area contributed by atoms with Crippen LogP contribution in [-0.2, 0) is 4.84 Å². The van der Waals surface area contributed by atoms with Crippen molar-refractivity contribution in [3.8, 4) is 0 Å². The molecule has 0 saturated heterocycles. The zero-order chi connectivity index (χ0) is 9.12. The molecule has 0 rings (SSSR count). The summed E-state index contributed by atoms with van der Waals surface area (Å²) in [6, 6.07) is 0. The molecule has 0 aromatic carbocycles. The minimum Gasteiger partial charge on any atom is -0.304 e. The Labute approximate surface area is 70.1 Å². The van der Waals surface area contributed by atoms with Crippen LogP contribution in [0.1, 0.15) is 41.0 Å². The van der Waals surface area contributed by atoms with Crippen LogP contribution >= 0.6 is 0 Å². The maximum Gasteiger partial charge on any atom is 0.0735 e. The van der Waals surface area contributed by atoms with Gasteiger partial charge in [0.1, 0.15) is 0 Å². The van der Waals surface area contributed by atoms with Gasteiger partial charge in [-0.2, -0.15) is 0 Å². The van der Waals surface area contributed by atoms with Gasteiger partial charge in [-0.05, 0) is 10.8 Å². The second-order valence-corrected chi connectivity index (χ2v) is 4.43. The van der Waals surface area contributed by atoms with Crippen LogP contribution in [0.2, 0.25) is 0 Å². The molecular formula is C9H21NO. The summed E-state index contributed by atoms with van der Waals surface area (Å²) in [6.07, 6.45) is 1.14. The maximum atomic E-state index is 5.07. The summed E-state index contributed by atoms with van der Waals surface area (Å²) in [4.78, 5) is 4.69. The summed E-state index contributed by atoms with van der Waals surface area (Å²) in [5, 5.41) is 0. The minimum absolute atomic E-state index is 0.149. The minimum atomic E-state index is 0.149. The fourth-order valence-electron chi connectivity index (χ4n) is 0.882. The van der Waals surface area contributed by atoms with Crippen molar-refractivity contribution < 1.29 is 4.84 Å². The Balaban J connectivity index is 4.26. The Kier molecular flexibility index (Phi) is 3.52. The predicted molar refractivity (Wildman–Crippen MR) is 48.0 cm³/mol. The lowest BCUT2D eigenvalue weighted by molar-refractivity contribution is -0.0117. The van der Waals surface area contributed by atoms with Crippen LogP contribution in [0.4, 0.5) is 0 Å². The standard InChI is InChI=1S/C9H21NO/c1-6-8(2,3)9(4,5)7-11-10/h6-7,10H2,1-5H3. The number of hydrogen-bond acceptors (Lipinski definition) is 2. The van der Waals surface area contributed by atoms with E-state index in [1.165, 1.54) is 0 Å². The first-order chi connectivity index (χ1) is 4.87. The Morgan fingerprint density at radius 2 is 1.55 bits per heavy atom. The second kappa shape index (κ2) is 3.55. The summed E-state index contributed by atoms with van der Waals surface area (Å²) in [6.45, 7) is 11.7. The predicted octanol–water partition coefficient (Wildman–Crippen LogP) is 2.34. The van der Waals surface area contributed by atoms with Crippen LogP contribution in [0, 0.1) is 10.8 Å². The van der Waals surface area contributed by atoms with Crippen molar-refractivity contribution in [2.24, 2.45) is 16.7 Å². The Bertz CT molecular complexity index is 119. The number of nitrogens with two attached hydrogens (primary N) is 1. The van der Waals surface area contributed by atoms with Gasteiger partial charge in [0, 0.05) is 0 Å². The third-order valence-corrected chi connectivity index (χ3v) is 3.16. The van der Waals surface area contributed by atoms with E-state index in [4.69, 9.17) is 10.7 Å². The molecule has 0 bridgehead atoms. The highest BCUT2D eigenvalue weighted by atomic mass is 16.6. The molecule has 0 radical (unpaired) electrons. The molecule has 0 aliphatic heterocycles. The molecule has 68 valence electrons. The van der Waals surface area contributed by atoms with Crippen molar-refractivity contribution in [3.05, 3.63) is 0 Å². The van der Waals surface area contributed by atoms with E-state index in [2.05, 4.69) is 34.6 Å². The van der Waals surface area contributed by atoms with Crippen molar-refractivity contribution in [2.45, 2.75) is 41.0 Å². The molecule has 0 amide bonds. The first-order valence-electron chi connectivity index (χ1n) is 4.19. The van der Waals surface area contributed by atoms with E-state index >= 15 is 0 Å². The highest BCUT2D eigenvalue weighted by Gasteiger charge is 2.35. The lowest BCUT2D eigenvalue weighted by Gasteiger charge is -2.40. The molecule has 0 unspecified atom stereocenters. The van der Waals surface area contributed by atoms with E-state index < -0.39 is 0 Å². The first kappa shape index (κ1) is 10.9. The largest absolute Gasteiger partial charge is 0.304 e. The van der Waals surface area contributed by atoms with Crippen LogP contribution < -0.4 is 5.90 Å². The fraction of sp³-hybridized carbons (Fsp3) is 1.00. The Morgan fingerprint density at radius 3 is 1.82 bits per heavy atom. The van der Waals surface area contributed by atoms with E-state index in [1.807, 2.05) is 0 Å². The molecule has 2 N–H and O–H groups in total. The molecule has 11 heavy (non-hydrogen) atoms. The van der Waals surface area contributed by atoms with Crippen molar-refractivity contribution in [3.63, 3.8) is 0 Å². The maximum absolute atomic E-state index is 5.07. The quantitative estimate of drug-likeness (QED) is 0.639.